The summed E-state index contributed by atoms with van der Waals surface area (Å²) in [6.07, 6.45) is 6.69. The van der Waals surface area contributed by atoms with E-state index in [1.807, 2.05) is 33.4 Å². The Morgan fingerprint density at radius 1 is 0.861 bits per heavy atom. The molecule has 0 aliphatic carbocycles. The van der Waals surface area contributed by atoms with Crippen LogP contribution in [0.4, 0.5) is 0 Å². The molecule has 1 N–H and O–H groups in total. The number of carbonyl (C=O) groups is 1. The van der Waals surface area contributed by atoms with Gasteiger partial charge in [0.15, 0.2) is 0 Å². The summed E-state index contributed by atoms with van der Waals surface area (Å²) in [5, 5.41) is 26.5. The molecule has 0 fully saturated rings. The van der Waals surface area contributed by atoms with Gasteiger partial charge in [-0.1, -0.05) is 24.3 Å². The third-order valence-corrected chi connectivity index (χ3v) is 5.05. The molecule has 0 bridgehead atoms. The zero-order valence-corrected chi connectivity index (χ0v) is 21.3. The zero-order chi connectivity index (χ0) is 25.0. The van der Waals surface area contributed by atoms with Crippen LogP contribution in [0, 0.1) is 22.7 Å². The molecule has 0 spiro atoms. The van der Waals surface area contributed by atoms with E-state index in [1.165, 1.54) is 6.92 Å². The van der Waals surface area contributed by atoms with Gasteiger partial charge in [-0.15, -0.1) is 17.0 Å². The molecule has 36 heavy (non-hydrogen) atoms. The maximum Gasteiger partial charge on any atom is 0.303 e. The number of aliphatic hydroxyl groups is 1. The van der Waals surface area contributed by atoms with Crippen molar-refractivity contribution in [3.63, 3.8) is 0 Å². The predicted molar refractivity (Wildman–Crippen MR) is 137 cm³/mol. The minimum absolute atomic E-state index is 0. The van der Waals surface area contributed by atoms with Crippen molar-refractivity contribution in [2.24, 2.45) is 0 Å². The number of ether oxygens (including phenoxy) is 1. The minimum Gasteiger partial charge on any atom is -0.459 e. The van der Waals surface area contributed by atoms with Crippen molar-refractivity contribution in [3.8, 4) is 12.1 Å². The van der Waals surface area contributed by atoms with Crippen LogP contribution in [0.15, 0.2) is 73.6 Å². The standard InChI is InChI=1S/C14H13N3O2.C12H11N3O.BrH/c1-11(18)19-9-14-7-16-10-17(14)8-13-4-2-12(6-15)3-5-13;13-5-10-1-3-11(4-2-10)7-15-9-14-6-12(15)8-16;/h2-5,7,10H,8-9H2,1H3;1-4,6,9,16H,7-8H2;1H. The monoisotopic (exact) mass is 548 g/mol. The number of halogens is 1. The second kappa shape index (κ2) is 14.2. The fraction of sp³-hybridized carbons (Fsp3) is 0.192. The molecule has 0 atom stereocenters. The molecule has 10 heteroatoms. The number of imidazole rings is 2. The third kappa shape index (κ3) is 8.20. The molecule has 0 unspecified atom stereocenters. The van der Waals surface area contributed by atoms with Gasteiger partial charge in [-0.3, -0.25) is 4.79 Å². The lowest BCUT2D eigenvalue weighted by atomic mass is 10.1. The van der Waals surface area contributed by atoms with Gasteiger partial charge in [0, 0.05) is 20.0 Å². The Kier molecular flexibility index (Phi) is 11.1. The van der Waals surface area contributed by atoms with Crippen LogP contribution in [-0.2, 0) is 35.8 Å². The second-order valence-electron chi connectivity index (χ2n) is 7.58. The number of aromatic nitrogens is 4. The highest BCUT2D eigenvalue weighted by Crippen LogP contribution is 2.10. The van der Waals surface area contributed by atoms with Crippen LogP contribution in [-0.4, -0.2) is 30.2 Å². The number of rotatable bonds is 7. The summed E-state index contributed by atoms with van der Waals surface area (Å²) < 4.78 is 8.74. The molecule has 2 aromatic carbocycles. The molecular weight excluding hydrogens is 524 g/mol. The van der Waals surface area contributed by atoms with E-state index in [2.05, 4.69) is 22.1 Å². The maximum absolute atomic E-state index is 10.8. The summed E-state index contributed by atoms with van der Waals surface area (Å²) in [7, 11) is 0. The number of hydrogen-bond donors (Lipinski definition) is 1. The predicted octanol–water partition coefficient (Wildman–Crippen LogP) is 3.74. The number of aliphatic hydroxyl groups excluding tert-OH is 1. The van der Waals surface area contributed by atoms with E-state index < -0.39 is 0 Å². The summed E-state index contributed by atoms with van der Waals surface area (Å²) in [5.74, 6) is -0.314. The van der Waals surface area contributed by atoms with E-state index in [-0.39, 0.29) is 36.2 Å². The number of carbonyl (C=O) groups excluding carboxylic acids is 1. The summed E-state index contributed by atoms with van der Waals surface area (Å²) >= 11 is 0. The van der Waals surface area contributed by atoms with Gasteiger partial charge in [-0.05, 0) is 35.4 Å². The van der Waals surface area contributed by atoms with Crippen molar-refractivity contribution in [1.82, 2.24) is 19.1 Å². The van der Waals surface area contributed by atoms with Crippen LogP contribution < -0.4 is 0 Å². The molecule has 0 aliphatic heterocycles. The molecule has 184 valence electrons. The summed E-state index contributed by atoms with van der Waals surface area (Å²) in [4.78, 5) is 18.8. The third-order valence-electron chi connectivity index (χ3n) is 5.05. The highest BCUT2D eigenvalue weighted by molar-refractivity contribution is 8.93. The first-order chi connectivity index (χ1) is 17.0. The minimum atomic E-state index is -0.314. The molecular formula is C26H25BrN6O3. The Labute approximate surface area is 219 Å². The average molecular weight is 549 g/mol. The number of nitrogens with zero attached hydrogens (tertiary/aromatic N) is 6. The Bertz CT molecular complexity index is 1330. The van der Waals surface area contributed by atoms with Gasteiger partial charge < -0.3 is 19.0 Å². The first-order valence-electron chi connectivity index (χ1n) is 10.7. The quantitative estimate of drug-likeness (QED) is 0.348. The fourth-order valence-electron chi connectivity index (χ4n) is 3.17. The van der Waals surface area contributed by atoms with Crippen LogP contribution in [0.2, 0.25) is 0 Å². The van der Waals surface area contributed by atoms with Crippen LogP contribution >= 0.6 is 17.0 Å². The van der Waals surface area contributed by atoms with E-state index in [1.54, 1.807) is 49.3 Å². The summed E-state index contributed by atoms with van der Waals surface area (Å²) in [6, 6.07) is 18.9. The Balaban J connectivity index is 0.000000250. The number of esters is 1. The van der Waals surface area contributed by atoms with Gasteiger partial charge >= 0.3 is 5.97 Å². The van der Waals surface area contributed by atoms with Crippen molar-refractivity contribution in [1.29, 1.82) is 10.5 Å². The van der Waals surface area contributed by atoms with Gasteiger partial charge in [-0.2, -0.15) is 10.5 Å². The van der Waals surface area contributed by atoms with Crippen LogP contribution in [0.1, 0.15) is 40.6 Å². The number of hydrogen-bond acceptors (Lipinski definition) is 7. The van der Waals surface area contributed by atoms with Crippen LogP contribution in [0.3, 0.4) is 0 Å². The van der Waals surface area contributed by atoms with Crippen molar-refractivity contribution in [2.45, 2.75) is 33.2 Å². The molecule has 2 aromatic heterocycles. The van der Waals surface area contributed by atoms with E-state index in [0.29, 0.717) is 24.2 Å². The van der Waals surface area contributed by atoms with Crippen molar-refractivity contribution in [3.05, 3.63) is 107 Å². The van der Waals surface area contributed by atoms with Gasteiger partial charge in [-0.25, -0.2) is 9.97 Å². The highest BCUT2D eigenvalue weighted by atomic mass is 79.9. The molecule has 4 aromatic rings. The van der Waals surface area contributed by atoms with Crippen LogP contribution in [0.25, 0.3) is 0 Å². The van der Waals surface area contributed by atoms with Crippen molar-refractivity contribution in [2.75, 3.05) is 0 Å². The normalized spacial score (nSPS) is 9.67. The molecule has 0 amide bonds. The molecule has 2 heterocycles. The fourth-order valence-corrected chi connectivity index (χ4v) is 3.17. The highest BCUT2D eigenvalue weighted by Gasteiger charge is 2.05. The van der Waals surface area contributed by atoms with Gasteiger partial charge in [0.2, 0.25) is 0 Å². The molecule has 0 aliphatic rings. The van der Waals surface area contributed by atoms with Gasteiger partial charge in [0.1, 0.15) is 6.61 Å². The molecule has 0 saturated carbocycles. The maximum atomic E-state index is 10.8. The Hall–Kier alpha value is -4.25. The number of benzene rings is 2. The van der Waals surface area contributed by atoms with Crippen molar-refractivity contribution >= 4 is 23.0 Å². The van der Waals surface area contributed by atoms with E-state index >= 15 is 0 Å². The first kappa shape index (κ1) is 28.0. The van der Waals surface area contributed by atoms with E-state index in [9.17, 15) is 4.79 Å². The lowest BCUT2D eigenvalue weighted by Crippen LogP contribution is -2.07. The molecule has 0 saturated heterocycles. The Morgan fingerprint density at radius 3 is 1.72 bits per heavy atom. The smallest absolute Gasteiger partial charge is 0.303 e. The lowest BCUT2D eigenvalue weighted by Gasteiger charge is -2.08. The second-order valence-corrected chi connectivity index (χ2v) is 7.58. The van der Waals surface area contributed by atoms with Gasteiger partial charge in [0.05, 0.1) is 66.3 Å². The van der Waals surface area contributed by atoms with Gasteiger partial charge in [0.25, 0.3) is 0 Å². The van der Waals surface area contributed by atoms with E-state index in [4.69, 9.17) is 20.4 Å². The summed E-state index contributed by atoms with van der Waals surface area (Å²) in [5.41, 5.74) is 5.03. The molecule has 9 nitrogen and oxygen atoms in total. The zero-order valence-electron chi connectivity index (χ0n) is 19.6. The summed E-state index contributed by atoms with van der Waals surface area (Å²) in [6.45, 7) is 2.85. The van der Waals surface area contributed by atoms with Crippen LogP contribution in [0.5, 0.6) is 0 Å². The average Bonchev–Trinajstić information content (AvgIpc) is 3.53. The van der Waals surface area contributed by atoms with Crippen molar-refractivity contribution < 1.29 is 14.6 Å². The lowest BCUT2D eigenvalue weighted by molar-refractivity contribution is -0.142. The van der Waals surface area contributed by atoms with E-state index in [0.717, 1.165) is 22.5 Å². The molecule has 0 radical (unpaired) electrons. The SMILES string of the molecule is Br.CC(=O)OCc1cncn1Cc1ccc(C#N)cc1.N#Cc1ccc(Cn2cncc2CO)cc1. The largest absolute Gasteiger partial charge is 0.459 e. The topological polar surface area (TPSA) is 130 Å². The molecule has 4 rings (SSSR count). The first-order valence-corrected chi connectivity index (χ1v) is 10.7. The number of nitriles is 2. The Morgan fingerprint density at radius 2 is 1.31 bits per heavy atom.